The molecule has 0 saturated carbocycles. The zero-order chi connectivity index (χ0) is 14.7. The van der Waals surface area contributed by atoms with Crippen molar-refractivity contribution in [3.8, 4) is 0 Å². The Morgan fingerprint density at radius 2 is 2.15 bits per heavy atom. The summed E-state index contributed by atoms with van der Waals surface area (Å²) in [5.74, 6) is -0.862. The molecule has 0 spiro atoms. The Bertz CT molecular complexity index is 663. The van der Waals surface area contributed by atoms with Crippen LogP contribution < -0.4 is 5.32 Å². The van der Waals surface area contributed by atoms with Crippen molar-refractivity contribution < 1.29 is 19.2 Å². The van der Waals surface area contributed by atoms with Gasteiger partial charge in [0, 0.05) is 5.69 Å². The number of aromatic carboxylic acids is 1. The maximum Gasteiger partial charge on any atom is 0.433 e. The first-order valence-electron chi connectivity index (χ1n) is 5.78. The smallest absolute Gasteiger partial charge is 0.433 e. The summed E-state index contributed by atoms with van der Waals surface area (Å²) < 4.78 is 5.01. The highest BCUT2D eigenvalue weighted by Crippen LogP contribution is 2.20. The fourth-order valence-corrected chi connectivity index (χ4v) is 1.74. The van der Waals surface area contributed by atoms with E-state index in [1.165, 1.54) is 18.2 Å². The number of nitrogens with one attached hydrogen (secondary N) is 1. The number of hydrogen-bond donors (Lipinski definition) is 2. The molecule has 0 bridgehead atoms. The van der Waals surface area contributed by atoms with Gasteiger partial charge in [-0.1, -0.05) is 0 Å². The molecule has 7 heteroatoms. The van der Waals surface area contributed by atoms with Crippen molar-refractivity contribution in [1.29, 1.82) is 0 Å². The van der Waals surface area contributed by atoms with Gasteiger partial charge in [-0.25, -0.2) is 4.79 Å². The van der Waals surface area contributed by atoms with Crippen LogP contribution in [0.3, 0.4) is 0 Å². The van der Waals surface area contributed by atoms with Crippen LogP contribution in [-0.4, -0.2) is 16.0 Å². The number of carboxylic acid groups (broad SMARTS) is 1. The first-order valence-corrected chi connectivity index (χ1v) is 5.78. The van der Waals surface area contributed by atoms with Gasteiger partial charge >= 0.3 is 11.9 Å². The lowest BCUT2D eigenvalue weighted by Gasteiger charge is -2.08. The molecule has 0 amide bonds. The van der Waals surface area contributed by atoms with E-state index in [4.69, 9.17) is 9.52 Å². The zero-order valence-corrected chi connectivity index (χ0v) is 10.6. The van der Waals surface area contributed by atoms with Gasteiger partial charge in [-0.3, -0.25) is 10.1 Å². The minimum Gasteiger partial charge on any atom is -0.478 e. The molecule has 0 saturated heterocycles. The Morgan fingerprint density at radius 3 is 2.70 bits per heavy atom. The number of rotatable bonds is 5. The van der Waals surface area contributed by atoms with Crippen molar-refractivity contribution in [2.45, 2.75) is 13.5 Å². The minimum absolute atomic E-state index is 0.210. The van der Waals surface area contributed by atoms with E-state index in [2.05, 4.69) is 5.32 Å². The second-order valence-corrected chi connectivity index (χ2v) is 4.19. The van der Waals surface area contributed by atoms with Crippen molar-refractivity contribution in [3.63, 3.8) is 0 Å². The molecule has 0 aliphatic carbocycles. The number of carbonyl (C=O) groups is 1. The van der Waals surface area contributed by atoms with Crippen LogP contribution >= 0.6 is 0 Å². The number of aryl methyl sites for hydroxylation is 1. The molecule has 0 aliphatic heterocycles. The van der Waals surface area contributed by atoms with Gasteiger partial charge in [0.1, 0.15) is 10.7 Å². The molecule has 0 aliphatic rings. The Balaban J connectivity index is 2.06. The molecular weight excluding hydrogens is 264 g/mol. The molecule has 1 aromatic carbocycles. The fraction of sp³-hybridized carbons (Fsp3) is 0.154. The van der Waals surface area contributed by atoms with Crippen LogP contribution in [0.25, 0.3) is 0 Å². The average molecular weight is 276 g/mol. The van der Waals surface area contributed by atoms with E-state index in [1.54, 1.807) is 19.1 Å². The SMILES string of the molecule is Cc1cc(C(=O)O)ccc1NCc1ccc([N+](=O)[O-])o1. The molecule has 0 atom stereocenters. The van der Waals surface area contributed by atoms with Gasteiger partial charge < -0.3 is 14.8 Å². The highest BCUT2D eigenvalue weighted by molar-refractivity contribution is 5.88. The standard InChI is InChI=1S/C13H12N2O5/c1-8-6-9(13(16)17)2-4-11(8)14-7-10-3-5-12(20-10)15(18)19/h2-6,14H,7H2,1H3,(H,16,17). The van der Waals surface area contributed by atoms with E-state index in [-0.39, 0.29) is 18.0 Å². The highest BCUT2D eigenvalue weighted by atomic mass is 16.6. The lowest BCUT2D eigenvalue weighted by molar-refractivity contribution is -0.402. The van der Waals surface area contributed by atoms with Gasteiger partial charge in [0.25, 0.3) is 0 Å². The summed E-state index contributed by atoms with van der Waals surface area (Å²) >= 11 is 0. The van der Waals surface area contributed by atoms with Crippen LogP contribution in [0.2, 0.25) is 0 Å². The molecule has 0 unspecified atom stereocenters. The maximum atomic E-state index is 10.8. The summed E-state index contributed by atoms with van der Waals surface area (Å²) in [5.41, 5.74) is 1.72. The largest absolute Gasteiger partial charge is 0.478 e. The van der Waals surface area contributed by atoms with Crippen molar-refractivity contribution in [3.05, 3.63) is 57.3 Å². The van der Waals surface area contributed by atoms with Crippen LogP contribution in [0.1, 0.15) is 21.7 Å². The van der Waals surface area contributed by atoms with Gasteiger partial charge in [-0.05, 0) is 36.8 Å². The molecule has 0 radical (unpaired) electrons. The summed E-state index contributed by atoms with van der Waals surface area (Å²) in [5, 5.41) is 22.4. The molecule has 7 nitrogen and oxygen atoms in total. The van der Waals surface area contributed by atoms with Gasteiger partial charge in [-0.2, -0.15) is 0 Å². The Kier molecular flexibility index (Phi) is 3.69. The van der Waals surface area contributed by atoms with E-state index in [9.17, 15) is 14.9 Å². The second-order valence-electron chi connectivity index (χ2n) is 4.19. The van der Waals surface area contributed by atoms with Gasteiger partial charge in [0.2, 0.25) is 0 Å². The van der Waals surface area contributed by atoms with Gasteiger partial charge in [-0.15, -0.1) is 0 Å². The number of hydrogen-bond acceptors (Lipinski definition) is 5. The predicted octanol–water partition coefficient (Wildman–Crippen LogP) is 2.81. The first kappa shape index (κ1) is 13.6. The minimum atomic E-state index is -0.985. The highest BCUT2D eigenvalue weighted by Gasteiger charge is 2.12. The molecule has 2 N–H and O–H groups in total. The van der Waals surface area contributed by atoms with Crippen molar-refractivity contribution >= 4 is 17.5 Å². The monoisotopic (exact) mass is 276 g/mol. The van der Waals surface area contributed by atoms with E-state index < -0.39 is 10.9 Å². The number of benzene rings is 1. The summed E-state index contributed by atoms with van der Waals surface area (Å²) in [6.07, 6.45) is 0. The molecule has 1 heterocycles. The van der Waals surface area contributed by atoms with E-state index in [0.29, 0.717) is 5.76 Å². The zero-order valence-electron chi connectivity index (χ0n) is 10.6. The number of carboxylic acids is 1. The lowest BCUT2D eigenvalue weighted by Crippen LogP contribution is -2.02. The summed E-state index contributed by atoms with van der Waals surface area (Å²) in [4.78, 5) is 20.7. The van der Waals surface area contributed by atoms with Crippen LogP contribution in [0.15, 0.2) is 34.7 Å². The normalized spacial score (nSPS) is 10.2. The first-order chi connectivity index (χ1) is 9.47. The topological polar surface area (TPSA) is 106 Å². The summed E-state index contributed by atoms with van der Waals surface area (Å²) in [7, 11) is 0. The van der Waals surface area contributed by atoms with Crippen LogP contribution in [-0.2, 0) is 6.54 Å². The van der Waals surface area contributed by atoms with Crippen molar-refractivity contribution in [1.82, 2.24) is 0 Å². The third-order valence-electron chi connectivity index (χ3n) is 2.75. The van der Waals surface area contributed by atoms with E-state index in [1.807, 2.05) is 0 Å². The third kappa shape index (κ3) is 2.94. The van der Waals surface area contributed by atoms with Crippen molar-refractivity contribution in [2.24, 2.45) is 0 Å². The molecule has 104 valence electrons. The number of furan rings is 1. The van der Waals surface area contributed by atoms with Gasteiger partial charge in [0.15, 0.2) is 0 Å². The number of nitrogens with zero attached hydrogens (tertiary/aromatic N) is 1. The maximum absolute atomic E-state index is 10.8. The van der Waals surface area contributed by atoms with Crippen LogP contribution in [0.4, 0.5) is 11.6 Å². The average Bonchev–Trinajstić information content (AvgIpc) is 2.86. The van der Waals surface area contributed by atoms with Gasteiger partial charge in [0.05, 0.1) is 18.2 Å². The lowest BCUT2D eigenvalue weighted by atomic mass is 10.1. The molecular formula is C13H12N2O5. The van der Waals surface area contributed by atoms with Crippen LogP contribution in [0.5, 0.6) is 0 Å². The Hall–Kier alpha value is -2.83. The Labute approximate surface area is 114 Å². The molecule has 20 heavy (non-hydrogen) atoms. The quantitative estimate of drug-likeness (QED) is 0.642. The fourth-order valence-electron chi connectivity index (χ4n) is 1.74. The molecule has 1 aromatic heterocycles. The summed E-state index contributed by atoms with van der Waals surface area (Å²) in [6, 6.07) is 7.50. The van der Waals surface area contributed by atoms with E-state index in [0.717, 1.165) is 11.3 Å². The third-order valence-corrected chi connectivity index (χ3v) is 2.75. The Morgan fingerprint density at radius 1 is 1.40 bits per heavy atom. The molecule has 2 rings (SSSR count). The second kappa shape index (κ2) is 5.43. The van der Waals surface area contributed by atoms with Crippen LogP contribution in [0, 0.1) is 17.0 Å². The molecule has 0 fully saturated rings. The molecule has 2 aromatic rings. The number of anilines is 1. The predicted molar refractivity (Wildman–Crippen MR) is 70.8 cm³/mol. The summed E-state index contributed by atoms with van der Waals surface area (Å²) in [6.45, 7) is 2.06. The number of nitro groups is 1. The van der Waals surface area contributed by atoms with Crippen molar-refractivity contribution in [2.75, 3.05) is 5.32 Å². The van der Waals surface area contributed by atoms with E-state index >= 15 is 0 Å².